The Bertz CT molecular complexity index is 1430. The van der Waals surface area contributed by atoms with E-state index in [1.54, 1.807) is 33.9 Å². The van der Waals surface area contributed by atoms with Crippen LogP contribution >= 0.6 is 7.81 Å². The van der Waals surface area contributed by atoms with Crippen molar-refractivity contribution >= 4 is 7.81 Å². The van der Waals surface area contributed by atoms with Crippen LogP contribution in [0.4, 0.5) is 25.2 Å². The first kappa shape index (κ1) is 26.5. The Morgan fingerprint density at radius 2 is 0.789 bits per heavy atom. The van der Waals surface area contributed by atoms with Gasteiger partial charge in [-0.2, -0.15) is 0 Å². The Hall–Kier alpha value is -4.58. The van der Waals surface area contributed by atoms with E-state index in [4.69, 9.17) is 0 Å². The molecule has 0 aromatic carbocycles. The van der Waals surface area contributed by atoms with Crippen molar-refractivity contribution in [2.75, 3.05) is 0 Å². The van der Waals surface area contributed by atoms with Gasteiger partial charge in [0.15, 0.2) is 0 Å². The van der Waals surface area contributed by atoms with E-state index >= 15 is 0 Å². The van der Waals surface area contributed by atoms with Gasteiger partial charge in [-0.15, -0.1) is 0 Å². The summed E-state index contributed by atoms with van der Waals surface area (Å²) in [6.07, 6.45) is 14.2. The molecule has 0 radical (unpaired) electrons. The van der Waals surface area contributed by atoms with Gasteiger partial charge in [0.05, 0.1) is 24.8 Å². The predicted molar refractivity (Wildman–Crippen MR) is 122 cm³/mol. The fourth-order valence-corrected chi connectivity index (χ4v) is 3.16. The van der Waals surface area contributed by atoms with Gasteiger partial charge >= 0.3 is 44.9 Å². The number of pyridine rings is 4. The molecule has 8 nitrogen and oxygen atoms in total. The van der Waals surface area contributed by atoms with Crippen molar-refractivity contribution in [2.24, 2.45) is 0 Å². The molecule has 0 aliphatic rings. The van der Waals surface area contributed by atoms with Crippen LogP contribution in [-0.2, 0) is 0 Å². The van der Waals surface area contributed by atoms with Crippen LogP contribution < -0.4 is 14.2 Å². The Morgan fingerprint density at radius 1 is 0.500 bits per heavy atom. The summed E-state index contributed by atoms with van der Waals surface area (Å²) in [4.78, 5) is 20.4. The van der Waals surface area contributed by atoms with Crippen molar-refractivity contribution < 1.29 is 39.4 Å². The first-order valence-corrected chi connectivity index (χ1v) is 12.6. The monoisotopic (exact) mass is 551 g/mol. The molecule has 196 valence electrons. The van der Waals surface area contributed by atoms with Gasteiger partial charge in [0.1, 0.15) is 0 Å². The zero-order chi connectivity index (χ0) is 27.5. The van der Waals surface area contributed by atoms with E-state index in [0.29, 0.717) is 0 Å². The molecule has 15 heteroatoms. The summed E-state index contributed by atoms with van der Waals surface area (Å²) >= 11 is 0. The van der Waals surface area contributed by atoms with E-state index in [1.165, 1.54) is 0 Å². The minimum atomic E-state index is -10.7. The zero-order valence-electron chi connectivity index (χ0n) is 19.0. The molecule has 5 aromatic heterocycles. The van der Waals surface area contributed by atoms with Crippen LogP contribution in [0.25, 0.3) is 34.2 Å². The van der Waals surface area contributed by atoms with Crippen LogP contribution in [0.3, 0.4) is 0 Å². The van der Waals surface area contributed by atoms with Crippen molar-refractivity contribution in [1.82, 2.24) is 24.9 Å². The van der Waals surface area contributed by atoms with E-state index in [0.717, 1.165) is 22.3 Å². The first-order chi connectivity index (χ1) is 17.7. The van der Waals surface area contributed by atoms with Crippen LogP contribution in [-0.4, -0.2) is 24.9 Å². The third kappa shape index (κ3) is 8.23. The average molecular weight is 551 g/mol. The standard InChI is InChI=1S/C23H16N7O.F6P/c31-23-27-21(29-13-5-19(6-14-29)17-1-9-24-10-2-17)26-22(28-23)30-15-7-20(8-16-30)18-3-11-25-12-4-18;1-7(2,3,4,5)6/h1-16H;/q+1;-1. The number of nitrogens with zero attached hydrogens (tertiary/aromatic N) is 7. The van der Waals surface area contributed by atoms with Gasteiger partial charge in [-0.25, -0.2) is 9.13 Å². The molecule has 5 rings (SSSR count). The normalized spacial score (nSPS) is 13.0. The summed E-state index contributed by atoms with van der Waals surface area (Å²) in [6, 6.07) is 14.9. The van der Waals surface area contributed by atoms with Crippen LogP contribution in [0.1, 0.15) is 0 Å². The number of halogens is 6. The van der Waals surface area contributed by atoms with Crippen molar-refractivity contribution in [3.63, 3.8) is 0 Å². The smallest absolute Gasteiger partial charge is 0.445 e. The fraction of sp³-hybridized carbons (Fsp3) is 0. The minimum Gasteiger partial charge on any atom is -0.818 e. The predicted octanol–water partition coefficient (Wildman–Crippen LogP) is 5.01. The maximum atomic E-state index is 12.1. The summed E-state index contributed by atoms with van der Waals surface area (Å²) in [5.74, 6) is 0.504. The maximum Gasteiger partial charge on any atom is 0.445 e. The molecule has 38 heavy (non-hydrogen) atoms. The fourth-order valence-electron chi connectivity index (χ4n) is 3.16. The second-order valence-electron chi connectivity index (χ2n) is 7.64. The molecule has 5 aromatic rings. The van der Waals surface area contributed by atoms with E-state index < -0.39 is 13.8 Å². The van der Waals surface area contributed by atoms with Crippen LogP contribution in [0.2, 0.25) is 0 Å². The first-order valence-electron chi connectivity index (χ1n) is 10.5. The van der Waals surface area contributed by atoms with E-state index in [9.17, 15) is 30.3 Å². The Labute approximate surface area is 210 Å². The molecule has 0 saturated carbocycles. The van der Waals surface area contributed by atoms with Crippen molar-refractivity contribution in [3.8, 4) is 40.2 Å². The van der Waals surface area contributed by atoms with Gasteiger partial charge in [0.2, 0.25) is 0 Å². The third-order valence-corrected chi connectivity index (χ3v) is 4.74. The maximum absolute atomic E-state index is 12.1. The molecule has 0 spiro atoms. The van der Waals surface area contributed by atoms with Gasteiger partial charge in [-0.1, -0.05) is 0 Å². The SMILES string of the molecule is F[P-](F)(F)(F)(F)F.[O-]c1nc(-[n+]2ccc(-c3ccncc3)cc2)nc(-[n+]2ccc(-c3ccncc3)cc2)n1. The molecule has 0 bridgehead atoms. The third-order valence-electron chi connectivity index (χ3n) is 4.74. The van der Waals surface area contributed by atoms with Gasteiger partial charge in [0, 0.05) is 29.8 Å². The molecule has 0 unspecified atom stereocenters. The van der Waals surface area contributed by atoms with E-state index in [-0.39, 0.29) is 11.9 Å². The Kier molecular flexibility index (Phi) is 6.54. The average Bonchev–Trinajstić information content (AvgIpc) is 2.88. The van der Waals surface area contributed by atoms with Gasteiger partial charge in [0.25, 0.3) is 6.01 Å². The summed E-state index contributed by atoms with van der Waals surface area (Å²) in [6.45, 7) is 0. The second kappa shape index (κ2) is 9.38. The summed E-state index contributed by atoms with van der Waals surface area (Å²) in [5.41, 5.74) is 4.15. The van der Waals surface area contributed by atoms with Gasteiger partial charge in [-0.3, -0.25) is 9.97 Å². The molecule has 0 saturated heterocycles. The Morgan fingerprint density at radius 3 is 1.11 bits per heavy atom. The van der Waals surface area contributed by atoms with Gasteiger partial charge in [-0.05, 0) is 80.8 Å². The molecule has 0 fully saturated rings. The topological polar surface area (TPSA) is 95.3 Å². The molecule has 0 N–H and O–H groups in total. The number of aromatic nitrogens is 7. The molecule has 0 amide bonds. The van der Waals surface area contributed by atoms with Crippen LogP contribution in [0.5, 0.6) is 6.01 Å². The van der Waals surface area contributed by atoms with Crippen molar-refractivity contribution in [3.05, 3.63) is 98.1 Å². The number of hydrogen-bond acceptors (Lipinski definition) is 6. The van der Waals surface area contributed by atoms with Crippen LogP contribution in [0.15, 0.2) is 98.1 Å². The molecule has 0 aliphatic carbocycles. The second-order valence-corrected chi connectivity index (χ2v) is 9.55. The summed E-state index contributed by atoms with van der Waals surface area (Å²) < 4.78 is 62.6. The Balaban J connectivity index is 0.000000426. The molecule has 5 heterocycles. The van der Waals surface area contributed by atoms with E-state index in [1.807, 2.05) is 73.3 Å². The molecule has 0 aliphatic heterocycles. The molecule has 0 atom stereocenters. The van der Waals surface area contributed by atoms with Gasteiger partial charge < -0.3 is 5.11 Å². The molecular formula is C23H16F6N7OP. The number of rotatable bonds is 4. The van der Waals surface area contributed by atoms with E-state index in [2.05, 4.69) is 24.9 Å². The summed E-state index contributed by atoms with van der Waals surface area (Å²) in [7, 11) is -10.7. The largest absolute Gasteiger partial charge is 0.818 e. The minimum absolute atomic E-state index is 0.252. The van der Waals surface area contributed by atoms with Crippen LogP contribution in [0, 0.1) is 0 Å². The quantitative estimate of drug-likeness (QED) is 0.177. The zero-order valence-corrected chi connectivity index (χ0v) is 19.9. The summed E-state index contributed by atoms with van der Waals surface area (Å²) in [5, 5.41) is 12.1. The molecular weight excluding hydrogens is 535 g/mol. The van der Waals surface area contributed by atoms with Crippen molar-refractivity contribution in [1.29, 1.82) is 0 Å². The van der Waals surface area contributed by atoms with Crippen molar-refractivity contribution in [2.45, 2.75) is 0 Å². The number of hydrogen-bond donors (Lipinski definition) is 0.